The number of hydrogen-bond donors (Lipinski definition) is 0. The van der Waals surface area contributed by atoms with Gasteiger partial charge in [-0.1, -0.05) is 6.92 Å². The SMILES string of the molecule is [CH2+]CC(=O)CC(=O)CC. The van der Waals surface area contributed by atoms with Crippen molar-refractivity contribution in [2.24, 2.45) is 0 Å². The number of hydrogen-bond acceptors (Lipinski definition) is 2. The van der Waals surface area contributed by atoms with Crippen LogP contribution in [0.2, 0.25) is 0 Å². The predicted octanol–water partition coefficient (Wildman–Crippen LogP) is 1.15. The molecule has 0 heterocycles. The zero-order valence-corrected chi connectivity index (χ0v) is 5.64. The van der Waals surface area contributed by atoms with Crippen LogP contribution in [0.3, 0.4) is 0 Å². The first-order chi connectivity index (χ1) is 4.20. The van der Waals surface area contributed by atoms with Gasteiger partial charge in [-0.2, -0.15) is 0 Å². The second kappa shape index (κ2) is 4.13. The predicted molar refractivity (Wildman–Crippen MR) is 34.9 cm³/mol. The van der Waals surface area contributed by atoms with Crippen LogP contribution < -0.4 is 0 Å². The Hall–Kier alpha value is -0.790. The fraction of sp³-hybridized carbons (Fsp3) is 0.571. The topological polar surface area (TPSA) is 34.1 Å². The Morgan fingerprint density at radius 2 is 1.89 bits per heavy atom. The van der Waals surface area contributed by atoms with E-state index in [0.29, 0.717) is 6.42 Å². The molecule has 0 aromatic rings. The minimum Gasteiger partial charge on any atom is -0.299 e. The molecule has 0 unspecified atom stereocenters. The Kier molecular flexibility index (Phi) is 3.76. The third-order valence-corrected chi connectivity index (χ3v) is 1.07. The summed E-state index contributed by atoms with van der Waals surface area (Å²) in [5.74, 6) is -0.0644. The maximum absolute atomic E-state index is 10.5. The van der Waals surface area contributed by atoms with Gasteiger partial charge in [-0.3, -0.25) is 9.59 Å². The average Bonchev–Trinajstić information content (AvgIpc) is 1.87. The Bertz CT molecular complexity index is 102. The molecule has 0 radical (unpaired) electrons. The summed E-state index contributed by atoms with van der Waals surface area (Å²) in [6, 6.07) is 0. The second-order valence-electron chi connectivity index (χ2n) is 1.86. The highest BCUT2D eigenvalue weighted by Crippen LogP contribution is 1.92. The van der Waals surface area contributed by atoms with Crippen LogP contribution in [-0.4, -0.2) is 11.6 Å². The van der Waals surface area contributed by atoms with E-state index in [-0.39, 0.29) is 24.4 Å². The van der Waals surface area contributed by atoms with Crippen LogP contribution in [0.5, 0.6) is 0 Å². The van der Waals surface area contributed by atoms with Crippen molar-refractivity contribution >= 4 is 11.6 Å². The van der Waals surface area contributed by atoms with Gasteiger partial charge in [0.25, 0.3) is 0 Å². The minimum absolute atomic E-state index is 0.00338. The summed E-state index contributed by atoms with van der Waals surface area (Å²) in [5, 5.41) is 0. The van der Waals surface area contributed by atoms with Gasteiger partial charge in [0, 0.05) is 6.42 Å². The molecule has 0 aromatic carbocycles. The highest BCUT2D eigenvalue weighted by atomic mass is 16.1. The molecule has 9 heavy (non-hydrogen) atoms. The van der Waals surface area contributed by atoms with Crippen molar-refractivity contribution in [3.05, 3.63) is 6.92 Å². The highest BCUT2D eigenvalue weighted by Gasteiger charge is 2.06. The Labute approximate surface area is 55.3 Å². The zero-order valence-electron chi connectivity index (χ0n) is 5.64. The van der Waals surface area contributed by atoms with Crippen molar-refractivity contribution in [1.29, 1.82) is 0 Å². The van der Waals surface area contributed by atoms with Crippen molar-refractivity contribution in [2.45, 2.75) is 26.2 Å². The molecule has 0 aromatic heterocycles. The summed E-state index contributed by atoms with van der Waals surface area (Å²) in [6.45, 7) is 5.12. The molecule has 0 aliphatic rings. The fourth-order valence-corrected chi connectivity index (χ4v) is 0.433. The van der Waals surface area contributed by atoms with E-state index < -0.39 is 0 Å². The lowest BCUT2D eigenvalue weighted by Crippen LogP contribution is -2.04. The molecule has 0 spiro atoms. The van der Waals surface area contributed by atoms with Crippen LogP contribution in [-0.2, 0) is 9.59 Å². The lowest BCUT2D eigenvalue weighted by Gasteiger charge is -1.88. The van der Waals surface area contributed by atoms with Crippen molar-refractivity contribution < 1.29 is 9.59 Å². The van der Waals surface area contributed by atoms with Gasteiger partial charge < -0.3 is 0 Å². The van der Waals surface area contributed by atoms with E-state index >= 15 is 0 Å². The molecule has 0 saturated carbocycles. The lowest BCUT2D eigenvalue weighted by molar-refractivity contribution is -0.126. The monoisotopic (exact) mass is 127 g/mol. The second-order valence-corrected chi connectivity index (χ2v) is 1.86. The van der Waals surface area contributed by atoms with Crippen molar-refractivity contribution in [3.8, 4) is 0 Å². The summed E-state index contributed by atoms with van der Waals surface area (Å²) in [6.07, 6.45) is 0.747. The number of carbonyl (C=O) groups excluding carboxylic acids is 2. The number of Topliss-reactive ketones (excluding diaryl/α,β-unsaturated/α-hetero) is 2. The highest BCUT2D eigenvalue weighted by molar-refractivity contribution is 5.99. The van der Waals surface area contributed by atoms with Gasteiger partial charge in [0.2, 0.25) is 0 Å². The standard InChI is InChI=1S/C7H11O2/c1-3-6(8)5-7(9)4-2/h1,3-5H2,2H3/q+1. The summed E-state index contributed by atoms with van der Waals surface area (Å²) < 4.78 is 0. The Balaban J connectivity index is 3.47. The van der Waals surface area contributed by atoms with Crippen LogP contribution in [0.1, 0.15) is 26.2 Å². The van der Waals surface area contributed by atoms with E-state index in [4.69, 9.17) is 0 Å². The van der Waals surface area contributed by atoms with Crippen molar-refractivity contribution in [2.75, 3.05) is 0 Å². The van der Waals surface area contributed by atoms with Crippen LogP contribution in [0.4, 0.5) is 0 Å². The van der Waals surface area contributed by atoms with E-state index in [0.717, 1.165) is 0 Å². The minimum atomic E-state index is -0.0677. The summed E-state index contributed by atoms with van der Waals surface area (Å²) in [4.78, 5) is 21.0. The van der Waals surface area contributed by atoms with Crippen LogP contribution in [0.25, 0.3) is 0 Å². The molecule has 0 atom stereocenters. The quantitative estimate of drug-likeness (QED) is 0.419. The van der Waals surface area contributed by atoms with Crippen LogP contribution in [0, 0.1) is 6.92 Å². The summed E-state index contributed by atoms with van der Waals surface area (Å²) in [7, 11) is 0. The molecule has 0 N–H and O–H groups in total. The van der Waals surface area contributed by atoms with Crippen molar-refractivity contribution in [3.63, 3.8) is 0 Å². The Morgan fingerprint density at radius 3 is 2.22 bits per heavy atom. The van der Waals surface area contributed by atoms with Gasteiger partial charge in [0.15, 0.2) is 5.78 Å². The average molecular weight is 127 g/mol. The van der Waals surface area contributed by atoms with E-state index in [9.17, 15) is 9.59 Å². The maximum Gasteiger partial charge on any atom is 0.184 e. The van der Waals surface area contributed by atoms with Gasteiger partial charge in [0.05, 0.1) is 13.3 Å². The first-order valence-corrected chi connectivity index (χ1v) is 3.03. The third-order valence-electron chi connectivity index (χ3n) is 1.07. The molecular formula is C7H11O2+. The Morgan fingerprint density at radius 1 is 1.33 bits per heavy atom. The molecule has 50 valence electrons. The molecule has 0 aliphatic heterocycles. The van der Waals surface area contributed by atoms with Gasteiger partial charge in [0.1, 0.15) is 12.2 Å². The van der Waals surface area contributed by atoms with Gasteiger partial charge in [-0.25, -0.2) is 0 Å². The van der Waals surface area contributed by atoms with Crippen molar-refractivity contribution in [1.82, 2.24) is 0 Å². The molecule has 2 heteroatoms. The molecular weight excluding hydrogens is 116 g/mol. The number of rotatable bonds is 4. The number of ketones is 2. The van der Waals surface area contributed by atoms with Gasteiger partial charge >= 0.3 is 0 Å². The van der Waals surface area contributed by atoms with Crippen LogP contribution in [0.15, 0.2) is 0 Å². The van der Waals surface area contributed by atoms with E-state index in [1.54, 1.807) is 6.92 Å². The molecule has 0 saturated heterocycles. The summed E-state index contributed by atoms with van der Waals surface area (Å²) in [5.41, 5.74) is 0. The molecule has 0 fully saturated rings. The zero-order chi connectivity index (χ0) is 7.28. The van der Waals surface area contributed by atoms with Gasteiger partial charge in [-0.05, 0) is 0 Å². The van der Waals surface area contributed by atoms with E-state index in [2.05, 4.69) is 6.92 Å². The normalized spacial score (nSPS) is 9.00. The lowest BCUT2D eigenvalue weighted by atomic mass is 10.1. The maximum atomic E-state index is 10.5. The first kappa shape index (κ1) is 8.21. The summed E-state index contributed by atoms with van der Waals surface area (Å²) >= 11 is 0. The molecule has 2 nitrogen and oxygen atoms in total. The molecule has 0 aliphatic carbocycles. The first-order valence-electron chi connectivity index (χ1n) is 3.03. The molecule has 0 bridgehead atoms. The molecule has 0 rings (SSSR count). The smallest absolute Gasteiger partial charge is 0.184 e. The van der Waals surface area contributed by atoms with Crippen LogP contribution >= 0.6 is 0 Å². The number of carbonyl (C=O) groups is 2. The molecule has 0 amide bonds. The third kappa shape index (κ3) is 3.76. The van der Waals surface area contributed by atoms with E-state index in [1.165, 1.54) is 0 Å². The van der Waals surface area contributed by atoms with E-state index in [1.807, 2.05) is 0 Å². The van der Waals surface area contributed by atoms with Gasteiger partial charge in [-0.15, -0.1) is 0 Å². The largest absolute Gasteiger partial charge is 0.299 e. The fourth-order valence-electron chi connectivity index (χ4n) is 0.433.